The summed E-state index contributed by atoms with van der Waals surface area (Å²) in [7, 11) is 0. The van der Waals surface area contributed by atoms with Crippen molar-refractivity contribution in [3.05, 3.63) is 12.0 Å². The molecule has 0 bridgehead atoms. The molecule has 0 rings (SSSR count). The van der Waals surface area contributed by atoms with Gasteiger partial charge in [0.25, 0.3) is 0 Å². The van der Waals surface area contributed by atoms with Crippen LogP contribution in [-0.2, 0) is 14.3 Å². The highest BCUT2D eigenvalue weighted by molar-refractivity contribution is 5.89. The zero-order chi connectivity index (χ0) is 8.69. The number of hydrogen-bond donors (Lipinski definition) is 2. The Morgan fingerprint density at radius 2 is 2.36 bits per heavy atom. The number of carbonyl (C=O) groups excluding carboxylic acids is 2. The number of esters is 1. The Balaban J connectivity index is 4.04. The van der Waals surface area contributed by atoms with Crippen LogP contribution in [0.3, 0.4) is 0 Å². The third-order valence-electron chi connectivity index (χ3n) is 0.839. The highest BCUT2D eigenvalue weighted by Gasteiger charge is 2.08. The maximum Gasteiger partial charge on any atom is 0.358 e. The van der Waals surface area contributed by atoms with Crippen LogP contribution in [0.5, 0.6) is 0 Å². The number of rotatable bonds is 4. The fourth-order valence-electron chi connectivity index (χ4n) is 0.421. The fraction of sp³-hybridized carbons (Fsp3) is 0.333. The van der Waals surface area contributed by atoms with Crippen molar-refractivity contribution >= 4 is 12.4 Å². The van der Waals surface area contributed by atoms with Crippen LogP contribution in [0.25, 0.3) is 0 Å². The predicted molar refractivity (Wildman–Crippen MR) is 36.5 cm³/mol. The lowest BCUT2D eigenvalue weighted by atomic mass is 10.9. The van der Waals surface area contributed by atoms with E-state index in [-0.39, 0.29) is 18.7 Å². The molecule has 0 unspecified atom stereocenters. The first-order valence-corrected chi connectivity index (χ1v) is 2.98. The maximum absolute atomic E-state index is 10.7. The molecule has 0 aliphatic heterocycles. The SMILES string of the molecule is CCO[13C](=O)/[13C](=C/O)NC=O. The van der Waals surface area contributed by atoms with Crippen LogP contribution in [0.15, 0.2) is 12.0 Å². The van der Waals surface area contributed by atoms with Crippen molar-refractivity contribution in [2.75, 3.05) is 6.61 Å². The predicted octanol–water partition coefficient (Wildman–Crippen LogP) is -0.305. The Morgan fingerprint density at radius 1 is 1.73 bits per heavy atom. The largest absolute Gasteiger partial charge is 0.513 e. The standard InChI is InChI=1S/C6H9NO4/c1-2-11-6(10)5(3-8)7-4-9/h3-4,8H,2H2,1H3,(H,7,9)/b5-3-/i5+1,6+1. The summed E-state index contributed by atoms with van der Waals surface area (Å²) in [5.41, 5.74) is -0.276. The first-order valence-electron chi connectivity index (χ1n) is 2.98. The molecule has 2 N–H and O–H groups in total. The Labute approximate surface area is 63.7 Å². The van der Waals surface area contributed by atoms with Gasteiger partial charge < -0.3 is 15.2 Å². The van der Waals surface area contributed by atoms with Gasteiger partial charge in [0.15, 0.2) is 5.70 Å². The Morgan fingerprint density at radius 3 is 2.73 bits per heavy atom. The number of nitrogens with one attached hydrogen (secondary N) is 1. The number of aliphatic hydroxyl groups is 1. The summed E-state index contributed by atoms with van der Waals surface area (Å²) in [5, 5.41) is 10.3. The highest BCUT2D eigenvalue weighted by atomic mass is 16.6. The molecule has 0 atom stereocenters. The van der Waals surface area contributed by atoms with E-state index in [4.69, 9.17) is 5.11 Å². The van der Waals surface area contributed by atoms with Gasteiger partial charge >= 0.3 is 5.97 Å². The van der Waals surface area contributed by atoms with E-state index < -0.39 is 5.97 Å². The quantitative estimate of drug-likeness (QED) is 0.195. The van der Waals surface area contributed by atoms with E-state index in [1.54, 1.807) is 6.92 Å². The molecule has 11 heavy (non-hydrogen) atoms. The Kier molecular flexibility index (Phi) is 4.55. The van der Waals surface area contributed by atoms with Crippen LogP contribution in [0.2, 0.25) is 0 Å². The molecule has 0 saturated carbocycles. The van der Waals surface area contributed by atoms with Crippen molar-refractivity contribution in [1.29, 1.82) is 0 Å². The van der Waals surface area contributed by atoms with Crippen LogP contribution < -0.4 is 5.32 Å². The zero-order valence-corrected chi connectivity index (χ0v) is 6.03. The minimum atomic E-state index is -0.762. The lowest BCUT2D eigenvalue weighted by Crippen LogP contribution is -2.20. The van der Waals surface area contributed by atoms with Crippen LogP contribution in [-0.4, -0.2) is 24.1 Å². The molecule has 1 amide bonds. The van der Waals surface area contributed by atoms with Crippen molar-refractivity contribution in [2.45, 2.75) is 6.92 Å². The van der Waals surface area contributed by atoms with Gasteiger partial charge in [-0.1, -0.05) is 0 Å². The summed E-state index contributed by atoms with van der Waals surface area (Å²) in [6.07, 6.45) is 0.755. The van der Waals surface area contributed by atoms with Gasteiger partial charge in [0.1, 0.15) is 6.26 Å². The van der Waals surface area contributed by atoms with E-state index in [2.05, 4.69) is 4.74 Å². The van der Waals surface area contributed by atoms with E-state index >= 15 is 0 Å². The van der Waals surface area contributed by atoms with Gasteiger partial charge in [0, 0.05) is 0 Å². The van der Waals surface area contributed by atoms with Gasteiger partial charge in [-0.05, 0) is 6.92 Å². The van der Waals surface area contributed by atoms with Crippen LogP contribution >= 0.6 is 0 Å². The molecule has 0 saturated heterocycles. The number of aliphatic hydroxyl groups excluding tert-OH is 1. The third-order valence-corrected chi connectivity index (χ3v) is 0.839. The second-order valence-electron chi connectivity index (χ2n) is 1.53. The maximum atomic E-state index is 10.7. The normalized spacial score (nSPS) is 10.5. The summed E-state index contributed by atoms with van der Waals surface area (Å²) >= 11 is 0. The second kappa shape index (κ2) is 5.28. The summed E-state index contributed by atoms with van der Waals surface area (Å²) < 4.78 is 4.46. The van der Waals surface area contributed by atoms with E-state index in [1.807, 2.05) is 5.32 Å². The molecule has 0 fully saturated rings. The third kappa shape index (κ3) is 3.24. The van der Waals surface area contributed by atoms with E-state index in [1.165, 1.54) is 0 Å². The first kappa shape index (κ1) is 9.48. The average molecular weight is 161 g/mol. The minimum Gasteiger partial charge on any atom is -0.513 e. The van der Waals surface area contributed by atoms with Crippen molar-refractivity contribution in [3.8, 4) is 0 Å². The van der Waals surface area contributed by atoms with Gasteiger partial charge in [0.05, 0.1) is 6.61 Å². The van der Waals surface area contributed by atoms with Gasteiger partial charge in [-0.25, -0.2) is 4.79 Å². The molecule has 0 radical (unpaired) electrons. The smallest absolute Gasteiger partial charge is 0.358 e. The van der Waals surface area contributed by atoms with Gasteiger partial charge in [0.2, 0.25) is 6.41 Å². The van der Waals surface area contributed by atoms with Crippen molar-refractivity contribution in [3.63, 3.8) is 0 Å². The Bertz CT molecular complexity index is 175. The first-order chi connectivity index (χ1) is 5.26. The van der Waals surface area contributed by atoms with Crippen LogP contribution in [0, 0.1) is 0 Å². The summed E-state index contributed by atoms with van der Waals surface area (Å²) in [5.74, 6) is -0.762. The zero-order valence-electron chi connectivity index (χ0n) is 6.03. The monoisotopic (exact) mass is 161 g/mol. The summed E-state index contributed by atoms with van der Waals surface area (Å²) in [6, 6.07) is 0. The number of hydrogen-bond acceptors (Lipinski definition) is 4. The molecule has 0 aliphatic carbocycles. The summed E-state index contributed by atoms with van der Waals surface area (Å²) in [6.45, 7) is 1.81. The molecule has 0 aromatic heterocycles. The van der Waals surface area contributed by atoms with Gasteiger partial charge in [-0.15, -0.1) is 0 Å². The molecule has 5 nitrogen and oxygen atoms in total. The molecule has 0 spiro atoms. The number of carbonyl (C=O) groups is 2. The number of ether oxygens (including phenoxy) is 1. The van der Waals surface area contributed by atoms with E-state index in [0.29, 0.717) is 6.26 Å². The molecule has 0 aliphatic rings. The van der Waals surface area contributed by atoms with Crippen molar-refractivity contribution < 1.29 is 19.4 Å². The molecular formula is C6H9NO4. The molecule has 0 aromatic rings. The minimum absolute atomic E-state index is 0.191. The molecule has 62 valence electrons. The van der Waals surface area contributed by atoms with E-state index in [9.17, 15) is 9.59 Å². The van der Waals surface area contributed by atoms with Crippen molar-refractivity contribution in [2.24, 2.45) is 0 Å². The number of amides is 1. The Hall–Kier alpha value is -1.52. The topological polar surface area (TPSA) is 75.6 Å². The van der Waals surface area contributed by atoms with Crippen LogP contribution in [0.4, 0.5) is 0 Å². The average Bonchev–Trinajstić information content (AvgIpc) is 2.00. The lowest BCUT2D eigenvalue weighted by molar-refractivity contribution is -0.139. The summed E-state index contributed by atoms with van der Waals surface area (Å²) in [4.78, 5) is 20.5. The highest BCUT2D eigenvalue weighted by Crippen LogP contribution is 1.90. The molecule has 0 heterocycles. The molecule has 0 aromatic carbocycles. The van der Waals surface area contributed by atoms with Crippen molar-refractivity contribution in [1.82, 2.24) is 5.32 Å². The molecule has 5 heteroatoms. The molecular weight excluding hydrogens is 152 g/mol. The van der Waals surface area contributed by atoms with Crippen LogP contribution in [0.1, 0.15) is 6.92 Å². The lowest BCUT2D eigenvalue weighted by Gasteiger charge is -2.01. The van der Waals surface area contributed by atoms with E-state index in [0.717, 1.165) is 0 Å². The van der Waals surface area contributed by atoms with Gasteiger partial charge in [-0.3, -0.25) is 4.79 Å². The second-order valence-corrected chi connectivity index (χ2v) is 1.53. The fourth-order valence-corrected chi connectivity index (χ4v) is 0.421. The van der Waals surface area contributed by atoms with Gasteiger partial charge in [-0.2, -0.15) is 0 Å².